The second-order valence-corrected chi connectivity index (χ2v) is 7.65. The van der Waals surface area contributed by atoms with Gasteiger partial charge in [0, 0.05) is 42.7 Å². The van der Waals surface area contributed by atoms with Gasteiger partial charge >= 0.3 is 6.18 Å². The number of alkyl halides is 3. The van der Waals surface area contributed by atoms with Gasteiger partial charge in [-0.2, -0.15) is 13.2 Å². The number of para-hydroxylation sites is 1. The van der Waals surface area contributed by atoms with E-state index in [0.29, 0.717) is 11.3 Å². The summed E-state index contributed by atoms with van der Waals surface area (Å²) >= 11 is 0. The third-order valence-electron chi connectivity index (χ3n) is 5.53. The Morgan fingerprint density at radius 3 is 2.47 bits per heavy atom. The number of rotatable bonds is 6. The number of pyridine rings is 1. The average molecular weight is 437 g/mol. The quantitative estimate of drug-likeness (QED) is 0.437. The number of fused-ring (bicyclic) bond motifs is 1. The Kier molecular flexibility index (Phi) is 5.99. The molecule has 32 heavy (non-hydrogen) atoms. The number of nitrogens with zero attached hydrogens (tertiary/aromatic N) is 2. The van der Waals surface area contributed by atoms with Crippen molar-refractivity contribution in [2.45, 2.75) is 25.1 Å². The second-order valence-electron chi connectivity index (χ2n) is 7.65. The summed E-state index contributed by atoms with van der Waals surface area (Å²) in [4.78, 5) is 17.0. The molecular formula is C25H22F3N3O. The Bertz CT molecular complexity index is 1230. The molecule has 4 aromatic rings. The molecule has 0 spiro atoms. The van der Waals surface area contributed by atoms with Gasteiger partial charge in [-0.05, 0) is 35.4 Å². The lowest BCUT2D eigenvalue weighted by atomic mass is 9.85. The zero-order chi connectivity index (χ0) is 22.7. The molecular weight excluding hydrogens is 415 g/mol. The van der Waals surface area contributed by atoms with Crippen molar-refractivity contribution < 1.29 is 18.0 Å². The predicted molar refractivity (Wildman–Crippen MR) is 117 cm³/mol. The molecule has 4 nitrogen and oxygen atoms in total. The Balaban J connectivity index is 1.73. The van der Waals surface area contributed by atoms with Crippen molar-refractivity contribution in [1.82, 2.24) is 14.9 Å². The van der Waals surface area contributed by atoms with Crippen LogP contribution in [0.3, 0.4) is 0 Å². The molecule has 0 saturated heterocycles. The normalized spacial score (nSPS) is 12.6. The molecule has 0 radical (unpaired) electrons. The van der Waals surface area contributed by atoms with Gasteiger partial charge in [-0.3, -0.25) is 9.78 Å². The molecule has 0 saturated carbocycles. The van der Waals surface area contributed by atoms with Crippen molar-refractivity contribution in [2.75, 3.05) is 0 Å². The minimum atomic E-state index is -4.52. The van der Waals surface area contributed by atoms with E-state index in [4.69, 9.17) is 0 Å². The molecule has 0 aliphatic heterocycles. The van der Waals surface area contributed by atoms with Crippen LogP contribution in [0.15, 0.2) is 79.1 Å². The van der Waals surface area contributed by atoms with Gasteiger partial charge in [0.1, 0.15) is 0 Å². The van der Waals surface area contributed by atoms with Crippen molar-refractivity contribution in [3.8, 4) is 0 Å². The smallest absolute Gasteiger partial charge is 0.350 e. The number of halogens is 3. The van der Waals surface area contributed by atoms with Crippen molar-refractivity contribution in [3.05, 3.63) is 102 Å². The number of benzene rings is 2. The summed E-state index contributed by atoms with van der Waals surface area (Å²) in [5, 5.41) is 3.62. The highest BCUT2D eigenvalue weighted by molar-refractivity contribution is 5.86. The van der Waals surface area contributed by atoms with Gasteiger partial charge in [0.05, 0.1) is 17.8 Å². The summed E-state index contributed by atoms with van der Waals surface area (Å²) in [6.45, 7) is 0.211. The molecule has 1 amide bonds. The van der Waals surface area contributed by atoms with E-state index in [1.165, 1.54) is 12.1 Å². The molecule has 7 heteroatoms. The summed E-state index contributed by atoms with van der Waals surface area (Å²) in [7, 11) is 1.85. The Hall–Kier alpha value is -3.61. The van der Waals surface area contributed by atoms with Crippen LogP contribution in [0, 0.1) is 0 Å². The van der Waals surface area contributed by atoms with Crippen molar-refractivity contribution in [1.29, 1.82) is 0 Å². The molecule has 1 unspecified atom stereocenters. The van der Waals surface area contributed by atoms with Crippen molar-refractivity contribution >= 4 is 16.8 Å². The maximum absolute atomic E-state index is 13.8. The average Bonchev–Trinajstić information content (AvgIpc) is 3.13. The fourth-order valence-corrected chi connectivity index (χ4v) is 4.05. The molecule has 0 fully saturated rings. The lowest BCUT2D eigenvalue weighted by molar-refractivity contribution is -0.138. The third-order valence-corrected chi connectivity index (χ3v) is 5.53. The molecule has 0 bridgehead atoms. The first kappa shape index (κ1) is 21.6. The fraction of sp³-hybridized carbons (Fsp3) is 0.200. The summed E-state index contributed by atoms with van der Waals surface area (Å²) < 4.78 is 43.4. The first-order chi connectivity index (χ1) is 15.3. The zero-order valence-corrected chi connectivity index (χ0v) is 17.4. The molecule has 2 aromatic carbocycles. The molecule has 2 heterocycles. The molecule has 164 valence electrons. The van der Waals surface area contributed by atoms with E-state index in [1.807, 2.05) is 48.1 Å². The molecule has 0 aliphatic carbocycles. The number of amides is 1. The van der Waals surface area contributed by atoms with Gasteiger partial charge in [0.2, 0.25) is 5.91 Å². The fourth-order valence-electron chi connectivity index (χ4n) is 4.05. The van der Waals surface area contributed by atoms with Crippen LogP contribution in [-0.2, 0) is 24.6 Å². The Morgan fingerprint density at radius 1 is 1.00 bits per heavy atom. The Labute approximate surface area is 183 Å². The SMILES string of the molecule is Cn1cc(C(CC(=O)NCc2ccccn2)c2ccccc2C(F)(F)F)c2ccccc21. The summed E-state index contributed by atoms with van der Waals surface area (Å²) in [6, 6.07) is 18.4. The van der Waals surface area contributed by atoms with Gasteiger partial charge in [0.15, 0.2) is 0 Å². The molecule has 1 N–H and O–H groups in total. The van der Waals surface area contributed by atoms with Gasteiger partial charge in [0.25, 0.3) is 0 Å². The summed E-state index contributed by atoms with van der Waals surface area (Å²) in [5.74, 6) is -1.10. The standard InChI is InChI=1S/C25H22F3N3O/c1-31-16-21(19-10-3-5-12-23(19)31)20(18-9-2-4-11-22(18)25(26,27)28)14-24(32)30-15-17-8-6-7-13-29-17/h2-13,16,20H,14-15H2,1H3,(H,30,32). The van der Waals surface area contributed by atoms with Crippen LogP contribution >= 0.6 is 0 Å². The number of aromatic nitrogens is 2. The van der Waals surface area contributed by atoms with Crippen LogP contribution in [0.2, 0.25) is 0 Å². The van der Waals surface area contributed by atoms with E-state index < -0.39 is 17.7 Å². The predicted octanol–water partition coefficient (Wildman–Crippen LogP) is 5.43. The lowest BCUT2D eigenvalue weighted by Crippen LogP contribution is -2.26. The molecule has 0 aliphatic rings. The van der Waals surface area contributed by atoms with E-state index in [-0.39, 0.29) is 24.4 Å². The van der Waals surface area contributed by atoms with Gasteiger partial charge < -0.3 is 9.88 Å². The molecule has 2 aromatic heterocycles. The van der Waals surface area contributed by atoms with Gasteiger partial charge in [-0.15, -0.1) is 0 Å². The zero-order valence-electron chi connectivity index (χ0n) is 17.4. The minimum Gasteiger partial charge on any atom is -0.350 e. The molecule has 4 rings (SSSR count). The van der Waals surface area contributed by atoms with Crippen LogP contribution in [-0.4, -0.2) is 15.5 Å². The highest BCUT2D eigenvalue weighted by Gasteiger charge is 2.36. The number of carbonyl (C=O) groups is 1. The maximum atomic E-state index is 13.8. The van der Waals surface area contributed by atoms with Crippen molar-refractivity contribution in [3.63, 3.8) is 0 Å². The summed E-state index contributed by atoms with van der Waals surface area (Å²) in [6.07, 6.45) is -1.20. The molecule has 1 atom stereocenters. The first-order valence-electron chi connectivity index (χ1n) is 10.2. The summed E-state index contributed by atoms with van der Waals surface area (Å²) in [5.41, 5.74) is 1.62. The topological polar surface area (TPSA) is 46.9 Å². The Morgan fingerprint density at radius 2 is 1.72 bits per heavy atom. The minimum absolute atomic E-state index is 0.0874. The lowest BCUT2D eigenvalue weighted by Gasteiger charge is -2.21. The van der Waals surface area contributed by atoms with Crippen LogP contribution in [0.1, 0.15) is 34.7 Å². The number of aryl methyl sites for hydroxylation is 1. The van der Waals surface area contributed by atoms with E-state index in [1.54, 1.807) is 24.4 Å². The van der Waals surface area contributed by atoms with Crippen LogP contribution < -0.4 is 5.32 Å². The highest BCUT2D eigenvalue weighted by atomic mass is 19.4. The largest absolute Gasteiger partial charge is 0.416 e. The van der Waals surface area contributed by atoms with E-state index in [2.05, 4.69) is 10.3 Å². The van der Waals surface area contributed by atoms with Crippen LogP contribution in [0.4, 0.5) is 13.2 Å². The van der Waals surface area contributed by atoms with Crippen molar-refractivity contribution in [2.24, 2.45) is 7.05 Å². The van der Waals surface area contributed by atoms with E-state index in [9.17, 15) is 18.0 Å². The van der Waals surface area contributed by atoms with E-state index >= 15 is 0 Å². The first-order valence-corrected chi connectivity index (χ1v) is 10.2. The second kappa shape index (κ2) is 8.86. The van der Waals surface area contributed by atoms with Gasteiger partial charge in [-0.1, -0.05) is 42.5 Å². The number of hydrogen-bond donors (Lipinski definition) is 1. The van der Waals surface area contributed by atoms with Gasteiger partial charge in [-0.25, -0.2) is 0 Å². The number of carbonyl (C=O) groups excluding carboxylic acids is 1. The highest BCUT2D eigenvalue weighted by Crippen LogP contribution is 2.41. The maximum Gasteiger partial charge on any atom is 0.416 e. The monoisotopic (exact) mass is 437 g/mol. The number of nitrogens with one attached hydrogen (secondary N) is 1. The van der Waals surface area contributed by atoms with E-state index in [0.717, 1.165) is 17.0 Å². The van der Waals surface area contributed by atoms with Crippen LogP contribution in [0.25, 0.3) is 10.9 Å². The third kappa shape index (κ3) is 4.51. The van der Waals surface area contributed by atoms with Crippen LogP contribution in [0.5, 0.6) is 0 Å². The number of hydrogen-bond acceptors (Lipinski definition) is 2.